The van der Waals surface area contributed by atoms with Gasteiger partial charge >= 0.3 is 5.97 Å². The van der Waals surface area contributed by atoms with Gasteiger partial charge in [-0.15, -0.1) is 5.10 Å². The molecule has 1 rings (SSSR count). The number of aromatic nitrogens is 2. The molecule has 0 bridgehead atoms. The van der Waals surface area contributed by atoms with Gasteiger partial charge in [0.15, 0.2) is 0 Å². The molecule has 5 nitrogen and oxygen atoms in total. The van der Waals surface area contributed by atoms with E-state index in [1.165, 1.54) is 0 Å². The van der Waals surface area contributed by atoms with Gasteiger partial charge in [-0.05, 0) is 12.2 Å². The highest BCUT2D eigenvalue weighted by Gasteiger charge is 2.14. The lowest BCUT2D eigenvalue weighted by atomic mass is 10.1. The van der Waals surface area contributed by atoms with Crippen molar-refractivity contribution >= 4 is 18.2 Å². The van der Waals surface area contributed by atoms with Crippen LogP contribution in [0.4, 0.5) is 0 Å². The van der Waals surface area contributed by atoms with E-state index in [4.69, 9.17) is 9.52 Å². The lowest BCUT2D eigenvalue weighted by Crippen LogP contribution is -2.12. The number of nitrogens with zero attached hydrogens (tertiary/aromatic N) is 1. The molecule has 1 aromatic heterocycles. The first-order valence-electron chi connectivity index (χ1n) is 3.37. The van der Waals surface area contributed by atoms with Crippen molar-refractivity contribution in [2.75, 3.05) is 0 Å². The smallest absolute Gasteiger partial charge is 0.306 e. The maximum absolute atomic E-state index is 10.4. The van der Waals surface area contributed by atoms with Crippen molar-refractivity contribution in [3.63, 3.8) is 0 Å². The molecule has 0 saturated carbocycles. The number of carbonyl (C=O) groups is 1. The van der Waals surface area contributed by atoms with Crippen molar-refractivity contribution in [2.24, 2.45) is 5.92 Å². The summed E-state index contributed by atoms with van der Waals surface area (Å²) in [5.74, 6) is -1.06. The molecule has 0 amide bonds. The summed E-state index contributed by atoms with van der Waals surface area (Å²) in [5, 5.41) is 14.6. The topological polar surface area (TPSA) is 79.1 Å². The fourth-order valence-electron chi connectivity index (χ4n) is 0.697. The molecule has 0 fully saturated rings. The van der Waals surface area contributed by atoms with E-state index in [9.17, 15) is 4.79 Å². The number of aromatic amines is 1. The van der Waals surface area contributed by atoms with Crippen molar-refractivity contribution in [3.05, 3.63) is 10.7 Å². The molecule has 0 aromatic carbocycles. The van der Waals surface area contributed by atoms with E-state index in [-0.39, 0.29) is 11.3 Å². The Balaban J connectivity index is 2.64. The van der Waals surface area contributed by atoms with Gasteiger partial charge in [0.25, 0.3) is 4.84 Å². The first kappa shape index (κ1) is 8.92. The largest absolute Gasteiger partial charge is 0.481 e. The molecule has 2 N–H and O–H groups in total. The normalized spacial score (nSPS) is 12.8. The standard InChI is InChI=1S/C6H8N2O3S/c1-3(5(9)10)2-4-7-8-6(12)11-4/h3H,2H2,1H3,(H,8,12)(H,9,10). The fraction of sp³-hybridized carbons (Fsp3) is 0.500. The number of hydrogen-bond donors (Lipinski definition) is 2. The molecular formula is C6H8N2O3S. The van der Waals surface area contributed by atoms with E-state index in [2.05, 4.69) is 22.4 Å². The second kappa shape index (κ2) is 3.48. The number of rotatable bonds is 3. The van der Waals surface area contributed by atoms with E-state index in [1.54, 1.807) is 6.92 Å². The number of aliphatic carboxylic acids is 1. The predicted octanol–water partition coefficient (Wildman–Crippen LogP) is 0.995. The van der Waals surface area contributed by atoms with Crippen LogP contribution >= 0.6 is 12.2 Å². The summed E-state index contributed by atoms with van der Waals surface area (Å²) < 4.78 is 4.89. The lowest BCUT2D eigenvalue weighted by Gasteiger charge is -1.99. The van der Waals surface area contributed by atoms with Crippen LogP contribution in [0, 0.1) is 10.8 Å². The third kappa shape index (κ3) is 2.16. The van der Waals surface area contributed by atoms with Crippen LogP contribution in [0.15, 0.2) is 4.42 Å². The van der Waals surface area contributed by atoms with Crippen LogP contribution < -0.4 is 0 Å². The van der Waals surface area contributed by atoms with E-state index in [0.717, 1.165) is 0 Å². The van der Waals surface area contributed by atoms with Gasteiger partial charge < -0.3 is 9.52 Å². The van der Waals surface area contributed by atoms with Gasteiger partial charge in [0.05, 0.1) is 5.92 Å². The Morgan fingerprint density at radius 1 is 1.92 bits per heavy atom. The average molecular weight is 188 g/mol. The minimum Gasteiger partial charge on any atom is -0.481 e. The fourth-order valence-corrected chi connectivity index (χ4v) is 0.839. The first-order chi connectivity index (χ1) is 5.59. The van der Waals surface area contributed by atoms with Crippen LogP contribution in [0.5, 0.6) is 0 Å². The summed E-state index contributed by atoms with van der Waals surface area (Å²) in [4.78, 5) is 10.6. The minimum atomic E-state index is -0.876. The molecule has 1 aromatic rings. The van der Waals surface area contributed by atoms with Gasteiger partial charge in [-0.3, -0.25) is 4.79 Å². The van der Waals surface area contributed by atoms with Crippen LogP contribution in [-0.4, -0.2) is 21.3 Å². The van der Waals surface area contributed by atoms with E-state index >= 15 is 0 Å². The summed E-state index contributed by atoms with van der Waals surface area (Å²) in [5.41, 5.74) is 0. The Hall–Kier alpha value is -1.17. The summed E-state index contributed by atoms with van der Waals surface area (Å²) in [6.07, 6.45) is 0.252. The molecule has 0 aliphatic carbocycles. The van der Waals surface area contributed by atoms with Gasteiger partial charge in [-0.1, -0.05) is 6.92 Å². The Morgan fingerprint density at radius 2 is 2.58 bits per heavy atom. The maximum atomic E-state index is 10.4. The number of carboxylic acid groups (broad SMARTS) is 1. The van der Waals surface area contributed by atoms with Crippen LogP contribution in [-0.2, 0) is 11.2 Å². The highest BCUT2D eigenvalue weighted by molar-refractivity contribution is 7.71. The summed E-state index contributed by atoms with van der Waals surface area (Å²) in [7, 11) is 0. The lowest BCUT2D eigenvalue weighted by molar-refractivity contribution is -0.141. The van der Waals surface area contributed by atoms with Crippen LogP contribution in [0.25, 0.3) is 0 Å². The molecule has 1 atom stereocenters. The molecule has 12 heavy (non-hydrogen) atoms. The number of carboxylic acids is 1. The van der Waals surface area contributed by atoms with Crippen molar-refractivity contribution in [1.29, 1.82) is 0 Å². The monoisotopic (exact) mass is 188 g/mol. The zero-order valence-corrected chi connectivity index (χ0v) is 7.22. The summed E-state index contributed by atoms with van der Waals surface area (Å²) in [6, 6.07) is 0. The maximum Gasteiger partial charge on any atom is 0.306 e. The molecule has 66 valence electrons. The van der Waals surface area contributed by atoms with Gasteiger partial charge in [-0.25, -0.2) is 5.10 Å². The first-order valence-corrected chi connectivity index (χ1v) is 3.77. The van der Waals surface area contributed by atoms with Crippen molar-refractivity contribution < 1.29 is 14.3 Å². The van der Waals surface area contributed by atoms with Crippen LogP contribution in [0.2, 0.25) is 0 Å². The average Bonchev–Trinajstić information content (AvgIpc) is 2.35. The molecule has 0 aliphatic heterocycles. The van der Waals surface area contributed by atoms with Crippen molar-refractivity contribution in [1.82, 2.24) is 10.2 Å². The Bertz CT molecular complexity index is 330. The zero-order valence-electron chi connectivity index (χ0n) is 6.40. The SMILES string of the molecule is CC(Cc1n[nH]c(=S)o1)C(=O)O. The van der Waals surface area contributed by atoms with Crippen LogP contribution in [0.1, 0.15) is 12.8 Å². The molecule has 1 unspecified atom stereocenters. The van der Waals surface area contributed by atoms with Gasteiger partial charge in [0, 0.05) is 6.42 Å². The summed E-state index contributed by atoms with van der Waals surface area (Å²) in [6.45, 7) is 1.58. The number of hydrogen-bond acceptors (Lipinski definition) is 4. The molecule has 6 heteroatoms. The quantitative estimate of drug-likeness (QED) is 0.691. The molecule has 0 radical (unpaired) electrons. The summed E-state index contributed by atoms with van der Waals surface area (Å²) >= 11 is 4.62. The molecular weight excluding hydrogens is 180 g/mol. The van der Waals surface area contributed by atoms with Gasteiger partial charge in [-0.2, -0.15) is 0 Å². The zero-order chi connectivity index (χ0) is 9.14. The van der Waals surface area contributed by atoms with Gasteiger partial charge in [0.2, 0.25) is 5.89 Å². The van der Waals surface area contributed by atoms with Crippen molar-refractivity contribution in [3.8, 4) is 0 Å². The van der Waals surface area contributed by atoms with E-state index in [0.29, 0.717) is 5.89 Å². The molecule has 0 aliphatic rings. The highest BCUT2D eigenvalue weighted by atomic mass is 32.1. The third-order valence-electron chi connectivity index (χ3n) is 1.38. The van der Waals surface area contributed by atoms with E-state index < -0.39 is 11.9 Å². The molecule has 0 saturated heterocycles. The highest BCUT2D eigenvalue weighted by Crippen LogP contribution is 2.05. The van der Waals surface area contributed by atoms with Crippen LogP contribution in [0.3, 0.4) is 0 Å². The Morgan fingerprint density at radius 3 is 3.00 bits per heavy atom. The van der Waals surface area contributed by atoms with E-state index in [1.807, 2.05) is 0 Å². The third-order valence-corrected chi connectivity index (χ3v) is 1.56. The van der Waals surface area contributed by atoms with Crippen molar-refractivity contribution in [2.45, 2.75) is 13.3 Å². The van der Waals surface area contributed by atoms with Gasteiger partial charge in [0.1, 0.15) is 0 Å². The Kier molecular flexibility index (Phi) is 2.59. The Labute approximate surface area is 73.4 Å². The minimum absolute atomic E-state index is 0.169. The number of nitrogens with one attached hydrogen (secondary N) is 1. The molecule has 1 heterocycles. The molecule has 0 spiro atoms. The second-order valence-corrected chi connectivity index (χ2v) is 2.82. The second-order valence-electron chi connectivity index (χ2n) is 2.45. The predicted molar refractivity (Wildman–Crippen MR) is 42.2 cm³/mol. The number of H-pyrrole nitrogens is 1.